The summed E-state index contributed by atoms with van der Waals surface area (Å²) in [4.78, 5) is 9.99. The number of thiol groups is 1. The van der Waals surface area contributed by atoms with Crippen LogP contribution in [0.2, 0.25) is 0 Å². The maximum atomic E-state index is 10.6. The second kappa shape index (κ2) is 4.71. The summed E-state index contributed by atoms with van der Waals surface area (Å²) in [5.41, 5.74) is 0.414. The third-order valence-electron chi connectivity index (χ3n) is 1.76. The Hall–Kier alpha value is -1.43. The molecule has 0 aliphatic heterocycles. The molecule has 1 aromatic rings. The van der Waals surface area contributed by atoms with Crippen LogP contribution in [-0.4, -0.2) is 19.1 Å². The van der Waals surface area contributed by atoms with E-state index in [-0.39, 0.29) is 0 Å². The van der Waals surface area contributed by atoms with Crippen LogP contribution in [0.3, 0.4) is 0 Å². The molecule has 0 aliphatic carbocycles. The van der Waals surface area contributed by atoms with Gasteiger partial charge in [0.15, 0.2) is 0 Å². The highest BCUT2D eigenvalue weighted by Crippen LogP contribution is 2.15. The van der Waals surface area contributed by atoms with Gasteiger partial charge >= 0.3 is 0 Å². The van der Waals surface area contributed by atoms with E-state index in [1.54, 1.807) is 30.3 Å². The van der Waals surface area contributed by atoms with Crippen molar-refractivity contribution in [2.75, 3.05) is 5.75 Å². The highest BCUT2D eigenvalue weighted by atomic mass is 32.2. The first-order valence-corrected chi connectivity index (χ1v) is 5.28. The average molecular weight is 215 g/mol. The third kappa shape index (κ3) is 2.81. The van der Waals surface area contributed by atoms with Crippen LogP contribution in [0.5, 0.6) is 0 Å². The summed E-state index contributed by atoms with van der Waals surface area (Å²) in [5.74, 6) is -0.452. The summed E-state index contributed by atoms with van der Waals surface area (Å²) in [7, 11) is -2.74. The number of nitrogens with zero attached hydrogens (tertiary/aromatic N) is 1. The van der Waals surface area contributed by atoms with Crippen LogP contribution >= 0.6 is 0 Å². The molecule has 0 amide bonds. The summed E-state index contributed by atoms with van der Waals surface area (Å²) >= 11 is 0. The molecule has 5 nitrogen and oxygen atoms in total. The number of hydrogen-bond donors (Lipinski definition) is 1. The van der Waals surface area contributed by atoms with E-state index in [4.69, 9.17) is 0 Å². The van der Waals surface area contributed by atoms with Gasteiger partial charge in [-0.15, -0.1) is 0 Å². The second-order valence-corrected chi connectivity index (χ2v) is 3.76. The van der Waals surface area contributed by atoms with E-state index < -0.39 is 27.4 Å². The van der Waals surface area contributed by atoms with Gasteiger partial charge in [0.25, 0.3) is 6.04 Å². The van der Waals surface area contributed by atoms with Crippen molar-refractivity contribution in [1.29, 1.82) is 0 Å². The first-order valence-electron chi connectivity index (χ1n) is 3.91. The zero-order valence-corrected chi connectivity index (χ0v) is 8.09. The summed E-state index contributed by atoms with van der Waals surface area (Å²) in [6, 6.07) is 6.95. The molecule has 1 aromatic carbocycles. The van der Waals surface area contributed by atoms with Gasteiger partial charge in [0.1, 0.15) is 16.5 Å². The van der Waals surface area contributed by atoms with Gasteiger partial charge in [-0.3, -0.25) is 10.1 Å². The molecule has 0 heterocycles. The fourth-order valence-electron chi connectivity index (χ4n) is 1.11. The molecule has 0 N–H and O–H groups in total. The van der Waals surface area contributed by atoms with Crippen LogP contribution in [0.25, 0.3) is 0 Å². The predicted molar refractivity (Wildman–Crippen MR) is 51.4 cm³/mol. The van der Waals surface area contributed by atoms with Crippen LogP contribution in [0.1, 0.15) is 11.6 Å². The summed E-state index contributed by atoms with van der Waals surface area (Å²) < 4.78 is 20.8. The van der Waals surface area contributed by atoms with E-state index >= 15 is 0 Å². The fourth-order valence-corrected chi connectivity index (χ4v) is 1.74. The van der Waals surface area contributed by atoms with Gasteiger partial charge in [0.05, 0.1) is 0 Å². The van der Waals surface area contributed by atoms with E-state index in [0.717, 1.165) is 0 Å². The van der Waals surface area contributed by atoms with Gasteiger partial charge in [-0.2, -0.15) is 0 Å². The lowest BCUT2D eigenvalue weighted by Crippen LogP contribution is -2.15. The molecule has 1 rings (SSSR count). The molecule has 0 bridgehead atoms. The maximum Gasteiger partial charge on any atom is 0.251 e. The molecule has 0 spiro atoms. The molecule has 0 radical (unpaired) electrons. The molecule has 0 aromatic heterocycles. The molecule has 0 fully saturated rings. The third-order valence-corrected chi connectivity index (χ3v) is 2.40. The van der Waals surface area contributed by atoms with E-state index in [1.165, 1.54) is 0 Å². The van der Waals surface area contributed by atoms with Crippen LogP contribution in [0.15, 0.2) is 30.3 Å². The number of rotatable bonds is 4. The molecule has 76 valence electrons. The van der Waals surface area contributed by atoms with Crippen LogP contribution in [0.4, 0.5) is 0 Å². The highest BCUT2D eigenvalue weighted by molar-refractivity contribution is 7.72. The van der Waals surface area contributed by atoms with E-state index in [0.29, 0.717) is 5.56 Å². The van der Waals surface area contributed by atoms with Crippen molar-refractivity contribution < 1.29 is 13.3 Å². The highest BCUT2D eigenvalue weighted by Gasteiger charge is 2.23. The lowest BCUT2D eigenvalue weighted by atomic mass is 10.1. The fraction of sp³-hybridized carbons (Fsp3) is 0.250. The molecular weight excluding hydrogens is 206 g/mol. The minimum Gasteiger partial charge on any atom is -0.264 e. The van der Waals surface area contributed by atoms with Crippen LogP contribution in [0, 0.1) is 10.1 Å². The smallest absolute Gasteiger partial charge is 0.251 e. The zero-order chi connectivity index (χ0) is 10.6. The normalized spacial score (nSPS) is 12.6. The molecule has 6 heteroatoms. The quantitative estimate of drug-likeness (QED) is 0.453. The number of hydrogen-bond acceptors (Lipinski definition) is 4. The SMILES string of the molecule is O=[N+]([O-])C(C[SH](=O)=O)c1ccccc1. The molecular formula is C8H9NO4S. The standard InChI is InChI=1S/C8H9NO4S/c10-9(11)8(6-14(12)13)7-4-2-1-3-5-7/h1-5,8,14H,6H2. The maximum absolute atomic E-state index is 10.6. The molecule has 0 saturated carbocycles. The van der Waals surface area contributed by atoms with Crippen molar-refractivity contribution in [2.24, 2.45) is 0 Å². The Morgan fingerprint density at radius 3 is 2.29 bits per heavy atom. The average Bonchev–Trinajstić information content (AvgIpc) is 2.15. The topological polar surface area (TPSA) is 77.3 Å². The largest absolute Gasteiger partial charge is 0.264 e. The Bertz CT molecular complexity index is 380. The minimum absolute atomic E-state index is 0.414. The minimum atomic E-state index is -2.74. The van der Waals surface area contributed by atoms with Gasteiger partial charge in [0, 0.05) is 10.5 Å². The summed E-state index contributed by atoms with van der Waals surface area (Å²) in [5, 5.41) is 10.6. The Labute approximate surface area is 82.5 Å². The first kappa shape index (κ1) is 10.6. The molecule has 0 aliphatic rings. The van der Waals surface area contributed by atoms with Gasteiger partial charge in [-0.05, 0) is 0 Å². The van der Waals surface area contributed by atoms with Gasteiger partial charge in [0.2, 0.25) is 0 Å². The van der Waals surface area contributed by atoms with Crippen molar-refractivity contribution in [3.63, 3.8) is 0 Å². The van der Waals surface area contributed by atoms with Gasteiger partial charge < -0.3 is 0 Å². The zero-order valence-electron chi connectivity index (χ0n) is 7.20. The van der Waals surface area contributed by atoms with Crippen molar-refractivity contribution in [2.45, 2.75) is 6.04 Å². The van der Waals surface area contributed by atoms with Crippen molar-refractivity contribution in [3.05, 3.63) is 46.0 Å². The number of nitro groups is 1. The Morgan fingerprint density at radius 1 is 1.29 bits per heavy atom. The van der Waals surface area contributed by atoms with E-state index in [9.17, 15) is 18.5 Å². The first-order chi connectivity index (χ1) is 6.61. The Morgan fingerprint density at radius 2 is 1.86 bits per heavy atom. The summed E-state index contributed by atoms with van der Waals surface area (Å²) in [6.45, 7) is 0. The van der Waals surface area contributed by atoms with Crippen LogP contribution < -0.4 is 0 Å². The molecule has 1 atom stereocenters. The molecule has 0 saturated heterocycles. The molecule has 1 unspecified atom stereocenters. The molecule has 14 heavy (non-hydrogen) atoms. The van der Waals surface area contributed by atoms with Gasteiger partial charge in [-0.1, -0.05) is 30.3 Å². The van der Waals surface area contributed by atoms with Crippen LogP contribution in [-0.2, 0) is 10.7 Å². The Balaban J connectivity index is 2.94. The van der Waals surface area contributed by atoms with Crippen molar-refractivity contribution in [3.8, 4) is 0 Å². The van der Waals surface area contributed by atoms with Gasteiger partial charge in [-0.25, -0.2) is 8.42 Å². The second-order valence-electron chi connectivity index (χ2n) is 2.73. The summed E-state index contributed by atoms with van der Waals surface area (Å²) in [6.07, 6.45) is 0. The lowest BCUT2D eigenvalue weighted by molar-refractivity contribution is -0.522. The van der Waals surface area contributed by atoms with Crippen molar-refractivity contribution in [1.82, 2.24) is 0 Å². The lowest BCUT2D eigenvalue weighted by Gasteiger charge is -2.05. The van der Waals surface area contributed by atoms with E-state index in [2.05, 4.69) is 0 Å². The Kier molecular flexibility index (Phi) is 3.58. The monoisotopic (exact) mass is 215 g/mol. The van der Waals surface area contributed by atoms with Crippen molar-refractivity contribution >= 4 is 10.7 Å². The number of benzene rings is 1. The predicted octanol–water partition coefficient (Wildman–Crippen LogP) is 0.616. The van der Waals surface area contributed by atoms with E-state index in [1.807, 2.05) is 0 Å².